The van der Waals surface area contributed by atoms with Gasteiger partial charge in [-0.15, -0.1) is 0 Å². The van der Waals surface area contributed by atoms with Gasteiger partial charge in [-0.1, -0.05) is 17.7 Å². The molecule has 0 spiro atoms. The lowest BCUT2D eigenvalue weighted by atomic mass is 10.2. The molecule has 1 saturated carbocycles. The van der Waals surface area contributed by atoms with Gasteiger partial charge in [0, 0.05) is 24.0 Å². The highest BCUT2D eigenvalue weighted by Gasteiger charge is 2.38. The molecule has 0 aromatic heterocycles. The summed E-state index contributed by atoms with van der Waals surface area (Å²) in [5, 5.41) is 9.06. The molecule has 1 aromatic carbocycles. The first kappa shape index (κ1) is 14.3. The number of halogens is 1. The standard InChI is InChI=1S/C13H15ClN2O2S/c1-10-3-4-11(14)9-13(10)19(17,18)16(8-2-7-15)12-5-6-12/h3-4,9,12H,2,5-6,8H2,1H3. The van der Waals surface area contributed by atoms with Crippen LogP contribution in [-0.4, -0.2) is 25.3 Å². The average molecular weight is 299 g/mol. The average Bonchev–Trinajstić information content (AvgIpc) is 3.17. The van der Waals surface area contributed by atoms with Gasteiger partial charge in [-0.05, 0) is 37.5 Å². The Bertz CT molecular complexity index is 618. The molecule has 0 bridgehead atoms. The van der Waals surface area contributed by atoms with Crippen molar-refractivity contribution in [3.8, 4) is 6.07 Å². The highest BCUT2D eigenvalue weighted by molar-refractivity contribution is 7.89. The second-order valence-electron chi connectivity index (χ2n) is 4.66. The van der Waals surface area contributed by atoms with Gasteiger partial charge in [0.05, 0.1) is 11.0 Å². The van der Waals surface area contributed by atoms with Gasteiger partial charge in [-0.2, -0.15) is 9.57 Å². The van der Waals surface area contributed by atoms with Gasteiger partial charge in [0.2, 0.25) is 10.0 Å². The molecule has 0 aliphatic heterocycles. The maximum absolute atomic E-state index is 12.7. The molecular weight excluding hydrogens is 284 g/mol. The van der Waals surface area contributed by atoms with Gasteiger partial charge < -0.3 is 0 Å². The van der Waals surface area contributed by atoms with Crippen LogP contribution in [0.4, 0.5) is 0 Å². The highest BCUT2D eigenvalue weighted by atomic mass is 35.5. The third kappa shape index (κ3) is 3.08. The minimum absolute atomic E-state index is 0.0386. The predicted molar refractivity (Wildman–Crippen MR) is 73.3 cm³/mol. The van der Waals surface area contributed by atoms with Crippen molar-refractivity contribution in [3.63, 3.8) is 0 Å². The largest absolute Gasteiger partial charge is 0.243 e. The number of nitrogens with zero attached hydrogens (tertiary/aromatic N) is 2. The molecule has 1 aliphatic carbocycles. The fraction of sp³-hybridized carbons (Fsp3) is 0.462. The van der Waals surface area contributed by atoms with E-state index in [1.807, 2.05) is 6.07 Å². The summed E-state index contributed by atoms with van der Waals surface area (Å²) < 4.78 is 26.7. The number of aryl methyl sites for hydroxylation is 1. The van der Waals surface area contributed by atoms with Crippen molar-refractivity contribution in [1.82, 2.24) is 4.31 Å². The van der Waals surface area contributed by atoms with Crippen LogP contribution in [0.1, 0.15) is 24.8 Å². The van der Waals surface area contributed by atoms with Crippen LogP contribution in [0.3, 0.4) is 0 Å². The van der Waals surface area contributed by atoms with Crippen LogP contribution in [0.25, 0.3) is 0 Å². The molecule has 1 aromatic rings. The quantitative estimate of drug-likeness (QED) is 0.839. The van der Waals surface area contributed by atoms with Gasteiger partial charge in [0.1, 0.15) is 0 Å². The molecule has 6 heteroatoms. The third-order valence-electron chi connectivity index (χ3n) is 3.13. The molecule has 0 unspecified atom stereocenters. The molecule has 0 amide bonds. The van der Waals surface area contributed by atoms with Crippen LogP contribution in [0.15, 0.2) is 23.1 Å². The minimum Gasteiger partial charge on any atom is -0.207 e. The Morgan fingerprint density at radius 1 is 1.47 bits per heavy atom. The topological polar surface area (TPSA) is 61.2 Å². The Labute approximate surface area is 118 Å². The molecule has 4 nitrogen and oxygen atoms in total. The molecule has 0 radical (unpaired) electrons. The van der Waals surface area contributed by atoms with Gasteiger partial charge in [0.15, 0.2) is 0 Å². The smallest absolute Gasteiger partial charge is 0.207 e. The SMILES string of the molecule is Cc1ccc(Cl)cc1S(=O)(=O)N(CCC#N)C1CC1. The van der Waals surface area contributed by atoms with Crippen molar-refractivity contribution in [2.75, 3.05) is 6.54 Å². The first-order chi connectivity index (χ1) is 8.96. The second-order valence-corrected chi connectivity index (χ2v) is 6.96. The van der Waals surface area contributed by atoms with E-state index in [9.17, 15) is 8.42 Å². The van der Waals surface area contributed by atoms with Crippen molar-refractivity contribution in [2.24, 2.45) is 0 Å². The lowest BCUT2D eigenvalue weighted by molar-refractivity contribution is 0.410. The van der Waals surface area contributed by atoms with Crippen LogP contribution < -0.4 is 0 Å². The number of nitriles is 1. The summed E-state index contributed by atoms with van der Waals surface area (Å²) in [6.45, 7) is 1.99. The van der Waals surface area contributed by atoms with Crippen LogP contribution >= 0.6 is 11.6 Å². The number of benzene rings is 1. The number of rotatable bonds is 5. The lowest BCUT2D eigenvalue weighted by Gasteiger charge is -2.21. The first-order valence-electron chi connectivity index (χ1n) is 6.12. The van der Waals surface area contributed by atoms with Gasteiger partial charge in [-0.3, -0.25) is 0 Å². The molecule has 1 fully saturated rings. The molecule has 19 heavy (non-hydrogen) atoms. The van der Waals surface area contributed by atoms with E-state index >= 15 is 0 Å². The summed E-state index contributed by atoms with van der Waals surface area (Å²) in [6, 6.07) is 6.89. The van der Waals surface area contributed by atoms with Gasteiger partial charge in [0.25, 0.3) is 0 Å². The zero-order valence-electron chi connectivity index (χ0n) is 10.6. The summed E-state index contributed by atoms with van der Waals surface area (Å²) in [4.78, 5) is 0.241. The molecular formula is C13H15ClN2O2S. The summed E-state index contributed by atoms with van der Waals surface area (Å²) in [7, 11) is -3.57. The van der Waals surface area contributed by atoms with E-state index in [2.05, 4.69) is 0 Å². The lowest BCUT2D eigenvalue weighted by Crippen LogP contribution is -2.34. The van der Waals surface area contributed by atoms with E-state index < -0.39 is 10.0 Å². The monoisotopic (exact) mass is 298 g/mol. The van der Waals surface area contributed by atoms with Crippen molar-refractivity contribution < 1.29 is 8.42 Å². The zero-order chi connectivity index (χ0) is 14.0. The van der Waals surface area contributed by atoms with Crippen LogP contribution in [-0.2, 0) is 10.0 Å². The number of hydrogen-bond acceptors (Lipinski definition) is 3. The summed E-state index contributed by atoms with van der Waals surface area (Å²) in [5.41, 5.74) is 0.673. The zero-order valence-corrected chi connectivity index (χ0v) is 12.2. The maximum Gasteiger partial charge on any atom is 0.243 e. The molecule has 2 rings (SSSR count). The highest BCUT2D eigenvalue weighted by Crippen LogP contribution is 2.33. The summed E-state index contributed by atoms with van der Waals surface area (Å²) in [6.07, 6.45) is 1.93. The normalized spacial score (nSPS) is 15.5. The third-order valence-corrected chi connectivity index (χ3v) is 5.46. The van der Waals surface area contributed by atoms with Crippen molar-refractivity contribution >= 4 is 21.6 Å². The fourth-order valence-corrected chi connectivity index (χ4v) is 4.18. The Morgan fingerprint density at radius 2 is 2.16 bits per heavy atom. The van der Waals surface area contributed by atoms with E-state index in [1.54, 1.807) is 19.1 Å². The predicted octanol–water partition coefficient (Wildman–Crippen LogP) is 2.72. The van der Waals surface area contributed by atoms with E-state index in [-0.39, 0.29) is 23.9 Å². The molecule has 102 valence electrons. The Balaban J connectivity index is 2.39. The Morgan fingerprint density at radius 3 is 2.74 bits per heavy atom. The van der Waals surface area contributed by atoms with Gasteiger partial charge >= 0.3 is 0 Å². The molecule has 0 saturated heterocycles. The van der Waals surface area contributed by atoms with E-state index in [0.717, 1.165) is 12.8 Å². The van der Waals surface area contributed by atoms with E-state index in [0.29, 0.717) is 10.6 Å². The van der Waals surface area contributed by atoms with Crippen LogP contribution in [0, 0.1) is 18.3 Å². The second kappa shape index (κ2) is 5.49. The van der Waals surface area contributed by atoms with E-state index in [1.165, 1.54) is 10.4 Å². The Hall–Kier alpha value is -1.09. The fourth-order valence-electron chi connectivity index (χ4n) is 2.00. The molecule has 1 aliphatic rings. The van der Waals surface area contributed by atoms with Crippen molar-refractivity contribution in [3.05, 3.63) is 28.8 Å². The van der Waals surface area contributed by atoms with Crippen LogP contribution in [0.5, 0.6) is 0 Å². The minimum atomic E-state index is -3.57. The molecule has 0 heterocycles. The number of sulfonamides is 1. The molecule has 0 N–H and O–H groups in total. The Kier molecular flexibility index (Phi) is 4.14. The maximum atomic E-state index is 12.7. The number of hydrogen-bond donors (Lipinski definition) is 0. The summed E-state index contributed by atoms with van der Waals surface area (Å²) in [5.74, 6) is 0. The molecule has 0 atom stereocenters. The van der Waals surface area contributed by atoms with Crippen molar-refractivity contribution in [1.29, 1.82) is 5.26 Å². The van der Waals surface area contributed by atoms with Crippen LogP contribution in [0.2, 0.25) is 5.02 Å². The van der Waals surface area contributed by atoms with Crippen molar-refractivity contribution in [2.45, 2.75) is 37.1 Å². The van der Waals surface area contributed by atoms with E-state index in [4.69, 9.17) is 16.9 Å². The van der Waals surface area contributed by atoms with Gasteiger partial charge in [-0.25, -0.2) is 8.42 Å². The first-order valence-corrected chi connectivity index (χ1v) is 7.93. The summed E-state index contributed by atoms with van der Waals surface area (Å²) >= 11 is 5.89.